The summed E-state index contributed by atoms with van der Waals surface area (Å²) >= 11 is 0. The third-order valence-electron chi connectivity index (χ3n) is 15.7. The predicted molar refractivity (Wildman–Crippen MR) is 305 cm³/mol. The van der Waals surface area contributed by atoms with Gasteiger partial charge in [-0.1, -0.05) is 164 Å². The second-order valence-corrected chi connectivity index (χ2v) is 22.7. The van der Waals surface area contributed by atoms with Gasteiger partial charge in [-0.25, -0.2) is 0 Å². The van der Waals surface area contributed by atoms with Gasteiger partial charge >= 0.3 is 0 Å². The lowest BCUT2D eigenvalue weighted by molar-refractivity contribution is 0.403. The number of para-hydroxylation sites is 2. The van der Waals surface area contributed by atoms with Crippen LogP contribution >= 0.6 is 0 Å². The summed E-state index contributed by atoms with van der Waals surface area (Å²) in [4.78, 5) is 7.67. The molecule has 1 aliphatic carbocycles. The molecule has 2 aliphatic heterocycles. The van der Waals surface area contributed by atoms with Crippen molar-refractivity contribution in [3.05, 3.63) is 228 Å². The van der Waals surface area contributed by atoms with Crippen molar-refractivity contribution in [1.29, 1.82) is 0 Å². The second-order valence-electron chi connectivity index (χ2n) is 22.7. The van der Waals surface area contributed by atoms with E-state index in [1.54, 1.807) is 0 Å². The number of fused-ring (bicyclic) bond motifs is 5. The van der Waals surface area contributed by atoms with E-state index in [9.17, 15) is 0 Å². The number of nitrogens with zero attached hydrogens (tertiary/aromatic N) is 3. The number of aryl methyl sites for hydroxylation is 2. The maximum absolute atomic E-state index is 2.64. The van der Waals surface area contributed by atoms with Crippen LogP contribution in [0.25, 0.3) is 22.3 Å². The van der Waals surface area contributed by atoms with E-state index in [1.165, 1.54) is 101 Å². The van der Waals surface area contributed by atoms with Crippen molar-refractivity contribution in [2.45, 2.75) is 85.0 Å². The van der Waals surface area contributed by atoms with E-state index in [4.69, 9.17) is 0 Å². The van der Waals surface area contributed by atoms with Crippen molar-refractivity contribution in [1.82, 2.24) is 0 Å². The number of rotatable bonds is 7. The minimum Gasteiger partial charge on any atom is -0.311 e. The molecule has 0 saturated carbocycles. The Hall–Kier alpha value is -7.56. The lowest BCUT2D eigenvalue weighted by Crippen LogP contribution is -2.61. The van der Waals surface area contributed by atoms with Gasteiger partial charge in [0.2, 0.25) is 0 Å². The van der Waals surface area contributed by atoms with Crippen LogP contribution in [0, 0.1) is 13.8 Å². The molecule has 0 spiro atoms. The van der Waals surface area contributed by atoms with E-state index < -0.39 is 0 Å². The minimum atomic E-state index is -0.0609. The van der Waals surface area contributed by atoms with Crippen LogP contribution in [-0.2, 0) is 16.2 Å². The summed E-state index contributed by atoms with van der Waals surface area (Å²) < 4.78 is 0. The van der Waals surface area contributed by atoms with E-state index >= 15 is 0 Å². The lowest BCUT2D eigenvalue weighted by Gasteiger charge is -2.46. The van der Waals surface area contributed by atoms with Crippen molar-refractivity contribution >= 4 is 74.3 Å². The van der Waals surface area contributed by atoms with Gasteiger partial charge < -0.3 is 14.7 Å². The van der Waals surface area contributed by atoms with Crippen LogP contribution in [0.4, 0.5) is 51.2 Å². The van der Waals surface area contributed by atoms with Gasteiger partial charge in [-0.15, -0.1) is 0 Å². The highest BCUT2D eigenvalue weighted by Crippen LogP contribution is 2.54. The fraction of sp³-hybridized carbons (Fsp3) is 0.194. The largest absolute Gasteiger partial charge is 0.311 e. The Balaban J connectivity index is 1.19. The first kappa shape index (κ1) is 44.6. The molecule has 71 heavy (non-hydrogen) atoms. The van der Waals surface area contributed by atoms with E-state index in [-0.39, 0.29) is 23.0 Å². The van der Waals surface area contributed by atoms with Crippen LogP contribution in [0.2, 0.25) is 0 Å². The highest BCUT2D eigenvalue weighted by Gasteiger charge is 2.48. The molecule has 2 heterocycles. The molecule has 0 unspecified atom stereocenters. The molecule has 12 rings (SSSR count). The highest BCUT2D eigenvalue weighted by molar-refractivity contribution is 7.00. The Morgan fingerprint density at radius 1 is 0.437 bits per heavy atom. The molecule has 9 aromatic carbocycles. The topological polar surface area (TPSA) is 9.72 Å². The summed E-state index contributed by atoms with van der Waals surface area (Å²) in [6.07, 6.45) is 1.09. The average Bonchev–Trinajstić information content (AvgIpc) is 3.55. The standard InChI is InChI=1S/C67H62BN3/c1-44-36-62-64-63(37-44)71(59-34-31-49(65(3,4)5)39-53(59)47-24-16-11-17-25-47)60-35-32-52(69(50-26-18-12-19-27-50)51-28-20-13-21-29-51)40-56(60)68(64)57-41-54-55(67(8,9)43-66(54,6)7)42-61(57)70(62)58-33-30-48(38-45(58)2)46-22-14-10-15-23-46/h10-42H,43H2,1-9H3. The van der Waals surface area contributed by atoms with Crippen LogP contribution < -0.4 is 31.1 Å². The summed E-state index contributed by atoms with van der Waals surface area (Å²) in [5.41, 5.74) is 26.2. The molecule has 348 valence electrons. The highest BCUT2D eigenvalue weighted by atomic mass is 15.2. The summed E-state index contributed by atoms with van der Waals surface area (Å²) in [6.45, 7) is 21.3. The van der Waals surface area contributed by atoms with Crippen LogP contribution in [-0.4, -0.2) is 6.71 Å². The maximum Gasteiger partial charge on any atom is 0.252 e. The van der Waals surface area contributed by atoms with Gasteiger partial charge in [0.25, 0.3) is 6.71 Å². The Labute approximate surface area is 422 Å². The summed E-state index contributed by atoms with van der Waals surface area (Å²) in [7, 11) is 0. The zero-order chi connectivity index (χ0) is 49.0. The lowest BCUT2D eigenvalue weighted by atomic mass is 9.33. The third kappa shape index (κ3) is 7.41. The van der Waals surface area contributed by atoms with Gasteiger partial charge in [0, 0.05) is 51.1 Å². The van der Waals surface area contributed by atoms with Gasteiger partial charge in [0.1, 0.15) is 0 Å². The number of anilines is 9. The Bertz CT molecular complexity index is 3480. The fourth-order valence-electron chi connectivity index (χ4n) is 12.6. The van der Waals surface area contributed by atoms with Gasteiger partial charge in [-0.2, -0.15) is 0 Å². The molecule has 0 N–H and O–H groups in total. The molecule has 0 aromatic heterocycles. The van der Waals surface area contributed by atoms with Crippen molar-refractivity contribution in [2.24, 2.45) is 0 Å². The molecular formula is C67H62BN3. The van der Waals surface area contributed by atoms with Crippen molar-refractivity contribution in [2.75, 3.05) is 14.7 Å². The van der Waals surface area contributed by atoms with Crippen molar-refractivity contribution in [3.8, 4) is 22.3 Å². The molecule has 0 radical (unpaired) electrons. The van der Waals surface area contributed by atoms with Crippen LogP contribution in [0.1, 0.15) is 82.7 Å². The van der Waals surface area contributed by atoms with Crippen LogP contribution in [0.3, 0.4) is 0 Å². The van der Waals surface area contributed by atoms with Gasteiger partial charge in [-0.3, -0.25) is 0 Å². The third-order valence-corrected chi connectivity index (χ3v) is 15.7. The molecule has 0 fully saturated rings. The zero-order valence-corrected chi connectivity index (χ0v) is 42.7. The smallest absolute Gasteiger partial charge is 0.252 e. The first-order chi connectivity index (χ1) is 34.2. The first-order valence-electron chi connectivity index (χ1n) is 25.5. The Morgan fingerprint density at radius 3 is 1.55 bits per heavy atom. The monoisotopic (exact) mass is 920 g/mol. The van der Waals surface area contributed by atoms with E-state index in [1.807, 2.05) is 0 Å². The van der Waals surface area contributed by atoms with E-state index in [2.05, 4.69) is 277 Å². The number of hydrogen-bond acceptors (Lipinski definition) is 3. The van der Waals surface area contributed by atoms with Crippen LogP contribution in [0.15, 0.2) is 200 Å². The van der Waals surface area contributed by atoms with Crippen molar-refractivity contribution < 1.29 is 0 Å². The predicted octanol–water partition coefficient (Wildman–Crippen LogP) is 16.4. The van der Waals surface area contributed by atoms with Gasteiger partial charge in [0.15, 0.2) is 0 Å². The molecule has 3 nitrogen and oxygen atoms in total. The molecule has 0 bridgehead atoms. The molecule has 0 amide bonds. The normalized spacial score (nSPS) is 14.9. The maximum atomic E-state index is 2.64. The average molecular weight is 920 g/mol. The molecule has 3 aliphatic rings. The number of hydrogen-bond donors (Lipinski definition) is 0. The van der Waals surface area contributed by atoms with Crippen molar-refractivity contribution in [3.63, 3.8) is 0 Å². The van der Waals surface area contributed by atoms with E-state index in [0.29, 0.717) is 0 Å². The van der Waals surface area contributed by atoms with E-state index in [0.717, 1.165) is 23.5 Å². The van der Waals surface area contributed by atoms with Gasteiger partial charge in [0.05, 0.1) is 5.69 Å². The SMILES string of the molecule is Cc1cc2c3c(c1)N(c1ccc(C(C)(C)C)cc1-c1ccccc1)c1ccc(N(c4ccccc4)c4ccccc4)cc1B3c1cc3c(cc1N2c1ccc(-c2ccccc2)cc1C)C(C)(C)CC3(C)C. The second kappa shape index (κ2) is 16.5. The zero-order valence-electron chi connectivity index (χ0n) is 42.7. The Kier molecular flexibility index (Phi) is 10.4. The molecule has 9 aromatic rings. The van der Waals surface area contributed by atoms with Crippen LogP contribution in [0.5, 0.6) is 0 Å². The Morgan fingerprint density at radius 2 is 0.958 bits per heavy atom. The quantitative estimate of drug-likeness (QED) is 0.148. The minimum absolute atomic E-state index is 0.00447. The number of benzene rings is 9. The summed E-state index contributed by atoms with van der Waals surface area (Å²) in [5, 5.41) is 0. The molecular weight excluding hydrogens is 858 g/mol. The molecule has 4 heteroatoms. The first-order valence-corrected chi connectivity index (χ1v) is 25.5. The summed E-state index contributed by atoms with van der Waals surface area (Å²) in [5.74, 6) is 0. The molecule has 0 saturated heterocycles. The summed E-state index contributed by atoms with van der Waals surface area (Å²) in [6, 6.07) is 75.3. The fourth-order valence-corrected chi connectivity index (χ4v) is 12.6. The molecule has 0 atom stereocenters. The van der Waals surface area contributed by atoms with Gasteiger partial charge in [-0.05, 0) is 182 Å².